The van der Waals surface area contributed by atoms with Gasteiger partial charge in [0.2, 0.25) is 0 Å². The summed E-state index contributed by atoms with van der Waals surface area (Å²) in [4.78, 5) is 21.7. The van der Waals surface area contributed by atoms with E-state index < -0.39 is 13.7 Å². The highest BCUT2D eigenvalue weighted by Gasteiger charge is 2.56. The van der Waals surface area contributed by atoms with E-state index in [1.807, 2.05) is 38.1 Å². The lowest BCUT2D eigenvalue weighted by Crippen LogP contribution is -2.16. The lowest BCUT2D eigenvalue weighted by Gasteiger charge is -2.13. The molecule has 0 aromatic heterocycles. The summed E-state index contributed by atoms with van der Waals surface area (Å²) in [5.74, 6) is 0.510. The second-order valence-corrected chi connectivity index (χ2v) is 6.77. The van der Waals surface area contributed by atoms with E-state index in [-0.39, 0.29) is 11.5 Å². The fourth-order valence-corrected chi connectivity index (χ4v) is 2.96. The molecule has 0 aliphatic rings. The molecule has 0 fully saturated rings. The molecule has 2 rings (SSSR count). The second kappa shape index (κ2) is 7.44. The molecule has 0 bridgehead atoms. The predicted molar refractivity (Wildman–Crippen MR) is 90.1 cm³/mol. The number of hydrogen-bond acceptors (Lipinski definition) is 4. The average molecular weight is 335 g/mol. The molecule has 2 aromatic rings. The number of aryl methyl sites for hydroxylation is 2. The van der Waals surface area contributed by atoms with Crippen LogP contribution >= 0.6 is 7.94 Å². The molecule has 23 heavy (non-hydrogen) atoms. The normalized spacial score (nSPS) is 11.1. The van der Waals surface area contributed by atoms with Crippen molar-refractivity contribution in [1.29, 1.82) is 0 Å². The third-order valence-corrected chi connectivity index (χ3v) is 4.76. The summed E-state index contributed by atoms with van der Waals surface area (Å²) in [5, 5.41) is 9.31. The van der Waals surface area contributed by atoms with Crippen LogP contribution in [0.15, 0.2) is 48.5 Å². The fraction of sp³-hybridized carbons (Fsp3) is 0.235. The van der Waals surface area contributed by atoms with Crippen LogP contribution in [0.5, 0.6) is 11.5 Å². The zero-order chi connectivity index (χ0) is 16.9. The van der Waals surface area contributed by atoms with Crippen molar-refractivity contribution >= 4 is 13.7 Å². The molecule has 2 N–H and O–H groups in total. The van der Waals surface area contributed by atoms with E-state index in [0.717, 1.165) is 24.0 Å². The van der Waals surface area contributed by atoms with Gasteiger partial charge in [0, 0.05) is 0 Å². The van der Waals surface area contributed by atoms with Gasteiger partial charge in [0.15, 0.2) is 11.5 Å². The first-order valence-corrected chi connectivity index (χ1v) is 8.97. The number of carboxylic acid groups (broad SMARTS) is 1. The van der Waals surface area contributed by atoms with Crippen LogP contribution in [0.2, 0.25) is 0 Å². The Balaban J connectivity index is 2.18. The summed E-state index contributed by atoms with van der Waals surface area (Å²) in [6, 6.07) is 13.8. The summed E-state index contributed by atoms with van der Waals surface area (Å²) in [6.45, 7) is 4.03. The van der Waals surface area contributed by atoms with E-state index in [1.165, 1.54) is 0 Å². The van der Waals surface area contributed by atoms with Gasteiger partial charge in [-0.15, -0.1) is 0 Å². The maximum atomic E-state index is 11.4. The van der Waals surface area contributed by atoms with Gasteiger partial charge in [0.1, 0.15) is 0 Å². The van der Waals surface area contributed by atoms with Crippen molar-refractivity contribution < 1.29 is 23.8 Å². The first kappa shape index (κ1) is 17.3. The number of benzene rings is 2. The molecule has 0 spiro atoms. The maximum Gasteiger partial charge on any atom is 0.618 e. The van der Waals surface area contributed by atoms with Gasteiger partial charge in [-0.1, -0.05) is 38.1 Å². The molecule has 0 aliphatic heterocycles. The Kier molecular flexibility index (Phi) is 5.59. The van der Waals surface area contributed by atoms with Gasteiger partial charge in [-0.25, -0.2) is 0 Å². The van der Waals surface area contributed by atoms with Gasteiger partial charge in [-0.05, 0) is 48.2 Å². The fourth-order valence-electron chi connectivity index (χ4n) is 1.95. The van der Waals surface area contributed by atoms with E-state index >= 15 is 0 Å². The standard InChI is InChI=1S/C17H19O5P/c1-3-13-5-9-15(10-6-13)21-23(20,17(18)19)22-16-11-7-14(4-2)8-12-16/h5-12,20H,3-4H2,1-2H3/p+1. The average Bonchev–Trinajstić information content (AvgIpc) is 2.56. The molecule has 122 valence electrons. The van der Waals surface area contributed by atoms with Crippen LogP contribution in [0.4, 0.5) is 4.79 Å². The van der Waals surface area contributed by atoms with Crippen molar-refractivity contribution in [3.05, 3.63) is 59.7 Å². The molecule has 0 saturated carbocycles. The molecule has 0 aliphatic carbocycles. The Hall–Kier alpha value is -2.10. The number of rotatable bonds is 7. The number of hydrogen-bond donors (Lipinski definition) is 2. The van der Waals surface area contributed by atoms with E-state index in [4.69, 9.17) is 9.05 Å². The summed E-state index contributed by atoms with van der Waals surface area (Å²) in [7, 11) is -4.12. The molecule has 0 radical (unpaired) electrons. The van der Waals surface area contributed by atoms with Crippen molar-refractivity contribution in [3.8, 4) is 11.5 Å². The second-order valence-electron chi connectivity index (χ2n) is 4.98. The maximum absolute atomic E-state index is 11.4. The minimum atomic E-state index is -4.12. The molecule has 0 amide bonds. The Morgan fingerprint density at radius 2 is 1.22 bits per heavy atom. The van der Waals surface area contributed by atoms with Crippen molar-refractivity contribution in [1.82, 2.24) is 0 Å². The summed E-state index contributed by atoms with van der Waals surface area (Å²) < 4.78 is 10.5. The molecule has 2 aromatic carbocycles. The molecule has 0 unspecified atom stereocenters. The Morgan fingerprint density at radius 3 is 1.48 bits per heavy atom. The largest absolute Gasteiger partial charge is 0.618 e. The van der Waals surface area contributed by atoms with E-state index in [9.17, 15) is 14.8 Å². The smallest absolute Gasteiger partial charge is 0.444 e. The minimum absolute atomic E-state index is 0.255. The highest BCUT2D eigenvalue weighted by atomic mass is 31.2. The molecule has 0 heterocycles. The SMILES string of the molecule is CCc1ccc(O[P+](O)(Oc2ccc(CC)cc2)C(=O)O)cc1. The molecule has 0 saturated heterocycles. The van der Waals surface area contributed by atoms with Crippen molar-refractivity contribution in [2.45, 2.75) is 26.7 Å². The van der Waals surface area contributed by atoms with Crippen LogP contribution in [0, 0.1) is 0 Å². The Bertz CT molecular complexity index is 602. The Labute approximate surface area is 136 Å². The van der Waals surface area contributed by atoms with E-state index in [0.29, 0.717) is 0 Å². The summed E-state index contributed by atoms with van der Waals surface area (Å²) >= 11 is 0. The van der Waals surface area contributed by atoms with Crippen LogP contribution in [-0.2, 0) is 12.8 Å². The molecular formula is C17H20O5P+. The van der Waals surface area contributed by atoms with Gasteiger partial charge >= 0.3 is 13.7 Å². The van der Waals surface area contributed by atoms with Crippen molar-refractivity contribution in [2.75, 3.05) is 0 Å². The monoisotopic (exact) mass is 335 g/mol. The lowest BCUT2D eigenvalue weighted by atomic mass is 10.2. The third-order valence-electron chi connectivity index (χ3n) is 3.36. The van der Waals surface area contributed by atoms with Crippen LogP contribution < -0.4 is 9.05 Å². The topological polar surface area (TPSA) is 76.0 Å². The van der Waals surface area contributed by atoms with Gasteiger partial charge in [0.05, 0.1) is 0 Å². The quantitative estimate of drug-likeness (QED) is 0.717. The van der Waals surface area contributed by atoms with Gasteiger partial charge in [-0.2, -0.15) is 9.69 Å². The van der Waals surface area contributed by atoms with Gasteiger partial charge in [-0.3, -0.25) is 9.05 Å². The van der Waals surface area contributed by atoms with E-state index in [2.05, 4.69) is 0 Å². The van der Waals surface area contributed by atoms with Gasteiger partial charge < -0.3 is 5.11 Å². The van der Waals surface area contributed by atoms with Gasteiger partial charge in [0.25, 0.3) is 0 Å². The first-order valence-electron chi connectivity index (χ1n) is 7.39. The van der Waals surface area contributed by atoms with Crippen LogP contribution in [0.25, 0.3) is 0 Å². The first-order chi connectivity index (χ1) is 11.0. The molecule has 5 nitrogen and oxygen atoms in total. The molecular weight excluding hydrogens is 315 g/mol. The highest BCUT2D eigenvalue weighted by Crippen LogP contribution is 2.56. The van der Waals surface area contributed by atoms with Crippen molar-refractivity contribution in [2.24, 2.45) is 0 Å². The molecule has 0 atom stereocenters. The van der Waals surface area contributed by atoms with E-state index in [1.54, 1.807) is 24.3 Å². The number of carbonyl (C=O) groups is 1. The predicted octanol–water partition coefficient (Wildman–Crippen LogP) is 4.70. The van der Waals surface area contributed by atoms with Crippen molar-refractivity contribution in [3.63, 3.8) is 0 Å². The van der Waals surface area contributed by atoms with Crippen LogP contribution in [-0.4, -0.2) is 15.7 Å². The third kappa shape index (κ3) is 4.44. The highest BCUT2D eigenvalue weighted by molar-refractivity contribution is 7.77. The lowest BCUT2D eigenvalue weighted by molar-refractivity contribution is 0.205. The van der Waals surface area contributed by atoms with Crippen LogP contribution in [0.3, 0.4) is 0 Å². The summed E-state index contributed by atoms with van der Waals surface area (Å²) in [5.41, 5.74) is 0.660. The van der Waals surface area contributed by atoms with Crippen LogP contribution in [0.1, 0.15) is 25.0 Å². The Morgan fingerprint density at radius 1 is 0.870 bits per heavy atom. The zero-order valence-corrected chi connectivity index (χ0v) is 14.0. The zero-order valence-electron chi connectivity index (χ0n) is 13.1. The molecule has 6 heteroatoms. The summed E-state index contributed by atoms with van der Waals surface area (Å²) in [6.07, 6.45) is 1.72. The minimum Gasteiger partial charge on any atom is -0.444 e.